The molecule has 3 N–H and O–H groups in total. The average molecular weight is 321 g/mol. The first-order valence-corrected chi connectivity index (χ1v) is 7.64. The van der Waals surface area contributed by atoms with Crippen LogP contribution in [0.15, 0.2) is 23.6 Å². The molecule has 0 fully saturated rings. The Kier molecular flexibility index (Phi) is 5.35. The van der Waals surface area contributed by atoms with Crippen molar-refractivity contribution in [1.29, 1.82) is 0 Å². The molecule has 0 bridgehead atoms. The second-order valence-electron chi connectivity index (χ2n) is 4.85. The fraction of sp³-hybridized carbons (Fsp3) is 0.333. The molecule has 118 valence electrons. The van der Waals surface area contributed by atoms with E-state index in [1.807, 2.05) is 12.3 Å². The van der Waals surface area contributed by atoms with Gasteiger partial charge >= 0.3 is 0 Å². The zero-order valence-electron chi connectivity index (χ0n) is 12.8. The molecule has 2 aromatic rings. The maximum absolute atomic E-state index is 12.2. The molecule has 2 rings (SSSR count). The number of ether oxygens (including phenoxy) is 2. The first-order chi connectivity index (χ1) is 10.5. The number of aromatic nitrogens is 1. The SMILES string of the molecule is COc1ccc(C(=O)Nc2nc(CC(C)N)cs2)cc1OC. The van der Waals surface area contributed by atoms with Crippen LogP contribution in [0.25, 0.3) is 0 Å². The first kappa shape index (κ1) is 16.3. The molecule has 0 spiro atoms. The molecule has 1 unspecified atom stereocenters. The van der Waals surface area contributed by atoms with E-state index in [1.54, 1.807) is 25.3 Å². The fourth-order valence-electron chi connectivity index (χ4n) is 1.93. The van der Waals surface area contributed by atoms with E-state index in [9.17, 15) is 4.79 Å². The number of amides is 1. The molecule has 22 heavy (non-hydrogen) atoms. The van der Waals surface area contributed by atoms with E-state index in [0.29, 0.717) is 28.6 Å². The average Bonchev–Trinajstić information content (AvgIpc) is 2.92. The van der Waals surface area contributed by atoms with Gasteiger partial charge in [-0.2, -0.15) is 0 Å². The Balaban J connectivity index is 2.10. The summed E-state index contributed by atoms with van der Waals surface area (Å²) in [7, 11) is 3.08. The Labute approximate surface area is 133 Å². The molecule has 1 aromatic heterocycles. The van der Waals surface area contributed by atoms with Crippen LogP contribution in [0.4, 0.5) is 5.13 Å². The van der Waals surface area contributed by atoms with E-state index < -0.39 is 0 Å². The Morgan fingerprint density at radius 1 is 1.36 bits per heavy atom. The topological polar surface area (TPSA) is 86.5 Å². The van der Waals surface area contributed by atoms with Crippen molar-refractivity contribution in [2.24, 2.45) is 5.73 Å². The summed E-state index contributed by atoms with van der Waals surface area (Å²) in [5, 5.41) is 5.22. The summed E-state index contributed by atoms with van der Waals surface area (Å²) in [5.74, 6) is 0.835. The van der Waals surface area contributed by atoms with Gasteiger partial charge < -0.3 is 15.2 Å². The summed E-state index contributed by atoms with van der Waals surface area (Å²) in [6.45, 7) is 1.92. The number of rotatable bonds is 6. The van der Waals surface area contributed by atoms with Gasteiger partial charge in [-0.25, -0.2) is 4.98 Å². The number of nitrogens with two attached hydrogens (primary N) is 1. The summed E-state index contributed by atoms with van der Waals surface area (Å²) in [5.41, 5.74) is 7.09. The number of carbonyl (C=O) groups is 1. The molecular weight excluding hydrogens is 302 g/mol. The summed E-state index contributed by atoms with van der Waals surface area (Å²) in [6.07, 6.45) is 0.683. The fourth-order valence-corrected chi connectivity index (χ4v) is 2.65. The van der Waals surface area contributed by atoms with Gasteiger partial charge in [-0.1, -0.05) is 0 Å². The Morgan fingerprint density at radius 2 is 2.09 bits per heavy atom. The summed E-state index contributed by atoms with van der Waals surface area (Å²) >= 11 is 1.38. The van der Waals surface area contributed by atoms with Crippen LogP contribution in [-0.4, -0.2) is 31.2 Å². The minimum absolute atomic E-state index is 0.0384. The van der Waals surface area contributed by atoms with Crippen LogP contribution in [0.2, 0.25) is 0 Å². The van der Waals surface area contributed by atoms with Crippen LogP contribution >= 0.6 is 11.3 Å². The van der Waals surface area contributed by atoms with Crippen LogP contribution in [0.5, 0.6) is 11.5 Å². The zero-order valence-corrected chi connectivity index (χ0v) is 13.6. The van der Waals surface area contributed by atoms with Crippen LogP contribution in [-0.2, 0) is 6.42 Å². The van der Waals surface area contributed by atoms with Gasteiger partial charge in [0.15, 0.2) is 16.6 Å². The zero-order chi connectivity index (χ0) is 16.1. The lowest BCUT2D eigenvalue weighted by atomic mass is 10.2. The quantitative estimate of drug-likeness (QED) is 0.852. The summed E-state index contributed by atoms with van der Waals surface area (Å²) in [6, 6.07) is 5.03. The number of thiazole rings is 1. The van der Waals surface area contributed by atoms with Gasteiger partial charge in [0.05, 0.1) is 19.9 Å². The normalized spacial score (nSPS) is 11.8. The van der Waals surface area contributed by atoms with Crippen molar-refractivity contribution in [3.8, 4) is 11.5 Å². The lowest BCUT2D eigenvalue weighted by Gasteiger charge is -2.09. The number of benzene rings is 1. The molecule has 0 saturated carbocycles. The number of methoxy groups -OCH3 is 2. The van der Waals surface area contributed by atoms with Gasteiger partial charge in [0.25, 0.3) is 5.91 Å². The third-order valence-corrected chi connectivity index (χ3v) is 3.76. The van der Waals surface area contributed by atoms with E-state index in [1.165, 1.54) is 18.4 Å². The molecule has 0 saturated heterocycles. The van der Waals surface area contributed by atoms with Crippen molar-refractivity contribution in [3.63, 3.8) is 0 Å². The molecule has 0 aliphatic heterocycles. The Morgan fingerprint density at radius 3 is 2.73 bits per heavy atom. The third-order valence-electron chi connectivity index (χ3n) is 2.95. The molecule has 1 heterocycles. The largest absolute Gasteiger partial charge is 0.493 e. The highest BCUT2D eigenvalue weighted by atomic mass is 32.1. The maximum Gasteiger partial charge on any atom is 0.257 e. The van der Waals surface area contributed by atoms with E-state index >= 15 is 0 Å². The van der Waals surface area contributed by atoms with Gasteiger partial charge in [-0.3, -0.25) is 10.1 Å². The number of hydrogen-bond donors (Lipinski definition) is 2. The van der Waals surface area contributed by atoms with Crippen molar-refractivity contribution in [2.45, 2.75) is 19.4 Å². The van der Waals surface area contributed by atoms with Crippen LogP contribution < -0.4 is 20.5 Å². The molecular formula is C15H19N3O3S. The minimum Gasteiger partial charge on any atom is -0.493 e. The standard InChI is InChI=1S/C15H19N3O3S/c1-9(16)6-11-8-22-15(17-11)18-14(19)10-4-5-12(20-2)13(7-10)21-3/h4-5,7-9H,6,16H2,1-3H3,(H,17,18,19). The lowest BCUT2D eigenvalue weighted by molar-refractivity contribution is 0.102. The Hall–Kier alpha value is -2.12. The maximum atomic E-state index is 12.2. The smallest absolute Gasteiger partial charge is 0.257 e. The van der Waals surface area contributed by atoms with Crippen LogP contribution in [0, 0.1) is 0 Å². The molecule has 0 aliphatic rings. The summed E-state index contributed by atoms with van der Waals surface area (Å²) in [4.78, 5) is 16.6. The van der Waals surface area contributed by atoms with Crippen molar-refractivity contribution in [2.75, 3.05) is 19.5 Å². The van der Waals surface area contributed by atoms with E-state index in [-0.39, 0.29) is 11.9 Å². The van der Waals surface area contributed by atoms with Gasteiger partial charge in [-0.15, -0.1) is 11.3 Å². The highest BCUT2D eigenvalue weighted by molar-refractivity contribution is 7.13. The number of carbonyl (C=O) groups excluding carboxylic acids is 1. The first-order valence-electron chi connectivity index (χ1n) is 6.77. The van der Waals surface area contributed by atoms with Crippen molar-refractivity contribution in [1.82, 2.24) is 4.98 Å². The second-order valence-corrected chi connectivity index (χ2v) is 5.71. The van der Waals surface area contributed by atoms with Crippen LogP contribution in [0.3, 0.4) is 0 Å². The molecule has 0 aliphatic carbocycles. The summed E-state index contributed by atoms with van der Waals surface area (Å²) < 4.78 is 10.3. The van der Waals surface area contributed by atoms with Crippen molar-refractivity contribution in [3.05, 3.63) is 34.8 Å². The minimum atomic E-state index is -0.248. The van der Waals surface area contributed by atoms with Crippen molar-refractivity contribution >= 4 is 22.4 Å². The lowest BCUT2D eigenvalue weighted by Crippen LogP contribution is -2.18. The van der Waals surface area contributed by atoms with Crippen molar-refractivity contribution < 1.29 is 14.3 Å². The van der Waals surface area contributed by atoms with Crippen LogP contribution in [0.1, 0.15) is 23.0 Å². The van der Waals surface area contributed by atoms with E-state index in [4.69, 9.17) is 15.2 Å². The van der Waals surface area contributed by atoms with Gasteiger partial charge in [0.2, 0.25) is 0 Å². The Bertz CT molecular complexity index is 655. The molecule has 1 aromatic carbocycles. The molecule has 7 heteroatoms. The highest BCUT2D eigenvalue weighted by Gasteiger charge is 2.13. The number of hydrogen-bond acceptors (Lipinski definition) is 6. The highest BCUT2D eigenvalue weighted by Crippen LogP contribution is 2.28. The molecule has 1 amide bonds. The van der Waals surface area contributed by atoms with Gasteiger partial charge in [0, 0.05) is 23.4 Å². The number of nitrogens with zero attached hydrogens (tertiary/aromatic N) is 1. The number of nitrogens with one attached hydrogen (secondary N) is 1. The predicted octanol–water partition coefficient (Wildman–Crippen LogP) is 2.30. The van der Waals surface area contributed by atoms with Gasteiger partial charge in [-0.05, 0) is 25.1 Å². The molecule has 1 atom stereocenters. The third kappa shape index (κ3) is 3.96. The van der Waals surface area contributed by atoms with Gasteiger partial charge in [0.1, 0.15) is 0 Å². The van der Waals surface area contributed by atoms with E-state index in [0.717, 1.165) is 5.69 Å². The second kappa shape index (κ2) is 7.24. The predicted molar refractivity (Wildman–Crippen MR) is 87.0 cm³/mol. The molecule has 0 radical (unpaired) electrons. The van der Waals surface area contributed by atoms with E-state index in [2.05, 4.69) is 10.3 Å². The molecule has 6 nitrogen and oxygen atoms in total. The monoisotopic (exact) mass is 321 g/mol. The number of anilines is 1.